The van der Waals surface area contributed by atoms with Gasteiger partial charge >= 0.3 is 0 Å². The van der Waals surface area contributed by atoms with E-state index in [0.717, 1.165) is 11.8 Å². The zero-order valence-electron chi connectivity index (χ0n) is 11.0. The van der Waals surface area contributed by atoms with Crippen molar-refractivity contribution in [2.75, 3.05) is 18.9 Å². The van der Waals surface area contributed by atoms with Crippen molar-refractivity contribution in [3.8, 4) is 0 Å². The molecule has 2 nitrogen and oxygen atoms in total. The number of rotatable bonds is 4. The van der Waals surface area contributed by atoms with Gasteiger partial charge < -0.3 is 10.4 Å². The van der Waals surface area contributed by atoms with Crippen molar-refractivity contribution in [1.82, 2.24) is 5.32 Å². The minimum Gasteiger partial charge on any atom is -0.396 e. The molecular formula is C14H27NOS. The largest absolute Gasteiger partial charge is 0.396 e. The summed E-state index contributed by atoms with van der Waals surface area (Å²) in [7, 11) is 0. The van der Waals surface area contributed by atoms with Gasteiger partial charge in [0.1, 0.15) is 0 Å². The Morgan fingerprint density at radius 2 is 1.88 bits per heavy atom. The molecule has 1 aliphatic heterocycles. The molecular weight excluding hydrogens is 230 g/mol. The third kappa shape index (κ3) is 3.87. The van der Waals surface area contributed by atoms with E-state index in [4.69, 9.17) is 0 Å². The first-order chi connectivity index (χ1) is 8.31. The Morgan fingerprint density at radius 3 is 2.59 bits per heavy atom. The topological polar surface area (TPSA) is 32.3 Å². The Bertz CT molecular complexity index is 224. The van der Waals surface area contributed by atoms with Crippen LogP contribution in [0, 0.1) is 11.8 Å². The first-order valence-electron chi connectivity index (χ1n) is 7.27. The number of aliphatic hydroxyl groups excluding tert-OH is 1. The lowest BCUT2D eigenvalue weighted by molar-refractivity contribution is 0.130. The molecule has 0 amide bonds. The molecule has 100 valence electrons. The first-order valence-corrected chi connectivity index (χ1v) is 8.32. The van der Waals surface area contributed by atoms with Crippen LogP contribution in [-0.4, -0.2) is 35.3 Å². The maximum atomic E-state index is 9.42. The van der Waals surface area contributed by atoms with E-state index in [2.05, 4.69) is 24.0 Å². The smallest absolute Gasteiger partial charge is 0.0462 e. The highest BCUT2D eigenvalue weighted by Gasteiger charge is 2.27. The molecule has 2 rings (SSSR count). The third-order valence-electron chi connectivity index (χ3n) is 4.55. The molecule has 0 aromatic rings. The standard InChI is InChI=1S/C14H27NOS/c1-11-14(7-4-8-17-11)15-9-12-5-2-3-6-13(12)10-16/h11-16H,2-10H2,1H3. The Kier molecular flexibility index (Phi) is 5.64. The number of hydrogen-bond donors (Lipinski definition) is 2. The van der Waals surface area contributed by atoms with Crippen LogP contribution in [0.3, 0.4) is 0 Å². The van der Waals surface area contributed by atoms with Crippen LogP contribution in [0.4, 0.5) is 0 Å². The second-order valence-electron chi connectivity index (χ2n) is 5.72. The second kappa shape index (κ2) is 7.01. The maximum Gasteiger partial charge on any atom is 0.0462 e. The highest BCUT2D eigenvalue weighted by Crippen LogP contribution is 2.30. The summed E-state index contributed by atoms with van der Waals surface area (Å²) in [5.41, 5.74) is 0. The number of nitrogens with one attached hydrogen (secondary N) is 1. The van der Waals surface area contributed by atoms with Gasteiger partial charge in [-0.2, -0.15) is 11.8 Å². The molecule has 1 aliphatic carbocycles. The lowest BCUT2D eigenvalue weighted by atomic mass is 9.79. The van der Waals surface area contributed by atoms with Gasteiger partial charge in [-0.25, -0.2) is 0 Å². The van der Waals surface area contributed by atoms with E-state index in [-0.39, 0.29) is 0 Å². The molecule has 0 aromatic carbocycles. The summed E-state index contributed by atoms with van der Waals surface area (Å²) in [6.07, 6.45) is 7.92. The molecule has 1 saturated carbocycles. The normalized spacial score (nSPS) is 39.2. The van der Waals surface area contributed by atoms with Gasteiger partial charge in [-0.3, -0.25) is 0 Å². The van der Waals surface area contributed by atoms with Crippen LogP contribution in [0.25, 0.3) is 0 Å². The number of aliphatic hydroxyl groups is 1. The van der Waals surface area contributed by atoms with E-state index in [1.807, 2.05) is 0 Å². The summed E-state index contributed by atoms with van der Waals surface area (Å²) in [5.74, 6) is 2.61. The van der Waals surface area contributed by atoms with Crippen molar-refractivity contribution in [3.63, 3.8) is 0 Å². The predicted molar refractivity (Wildman–Crippen MR) is 75.5 cm³/mol. The maximum absolute atomic E-state index is 9.42. The molecule has 1 saturated heterocycles. The van der Waals surface area contributed by atoms with Crippen LogP contribution in [0.15, 0.2) is 0 Å². The van der Waals surface area contributed by atoms with Gasteiger partial charge in [-0.05, 0) is 49.8 Å². The summed E-state index contributed by atoms with van der Waals surface area (Å²) in [4.78, 5) is 0. The SMILES string of the molecule is CC1SCCCC1NCC1CCCCC1CO. The fourth-order valence-electron chi connectivity index (χ4n) is 3.29. The van der Waals surface area contributed by atoms with Gasteiger partial charge in [-0.1, -0.05) is 19.8 Å². The second-order valence-corrected chi connectivity index (χ2v) is 7.21. The van der Waals surface area contributed by atoms with Crippen LogP contribution >= 0.6 is 11.8 Å². The Hall–Kier alpha value is 0.270. The summed E-state index contributed by atoms with van der Waals surface area (Å²) in [5, 5.41) is 14.0. The summed E-state index contributed by atoms with van der Waals surface area (Å²) >= 11 is 2.11. The molecule has 2 N–H and O–H groups in total. The third-order valence-corrected chi connectivity index (χ3v) is 5.93. The van der Waals surface area contributed by atoms with Crippen LogP contribution in [0.2, 0.25) is 0 Å². The van der Waals surface area contributed by atoms with Crippen LogP contribution in [-0.2, 0) is 0 Å². The van der Waals surface area contributed by atoms with E-state index < -0.39 is 0 Å². The monoisotopic (exact) mass is 257 g/mol. The molecule has 4 atom stereocenters. The summed E-state index contributed by atoms with van der Waals surface area (Å²) in [6, 6.07) is 0.704. The zero-order chi connectivity index (χ0) is 12.1. The minimum absolute atomic E-state index is 0.390. The van der Waals surface area contributed by atoms with Gasteiger partial charge in [0.25, 0.3) is 0 Å². The van der Waals surface area contributed by atoms with Gasteiger partial charge in [0.2, 0.25) is 0 Å². The molecule has 0 aromatic heterocycles. The first kappa shape index (κ1) is 13.7. The average molecular weight is 257 g/mol. The molecule has 2 fully saturated rings. The van der Waals surface area contributed by atoms with E-state index in [1.54, 1.807) is 0 Å². The summed E-state index contributed by atoms with van der Waals surface area (Å²) in [6.45, 7) is 3.87. The molecule has 2 aliphatic rings. The van der Waals surface area contributed by atoms with Crippen molar-refractivity contribution < 1.29 is 5.11 Å². The average Bonchev–Trinajstić information content (AvgIpc) is 2.38. The van der Waals surface area contributed by atoms with Gasteiger partial charge in [-0.15, -0.1) is 0 Å². The van der Waals surface area contributed by atoms with Gasteiger partial charge in [0.15, 0.2) is 0 Å². The Labute approximate surface area is 110 Å². The minimum atomic E-state index is 0.390. The molecule has 3 heteroatoms. The highest BCUT2D eigenvalue weighted by molar-refractivity contribution is 7.99. The highest BCUT2D eigenvalue weighted by atomic mass is 32.2. The lowest BCUT2D eigenvalue weighted by Crippen LogP contribution is -2.43. The van der Waals surface area contributed by atoms with Gasteiger partial charge in [0, 0.05) is 17.9 Å². The van der Waals surface area contributed by atoms with E-state index in [9.17, 15) is 5.11 Å². The molecule has 17 heavy (non-hydrogen) atoms. The van der Waals surface area contributed by atoms with E-state index >= 15 is 0 Å². The molecule has 4 unspecified atom stereocenters. The van der Waals surface area contributed by atoms with E-state index in [1.165, 1.54) is 44.3 Å². The lowest BCUT2D eigenvalue weighted by Gasteiger charge is -2.34. The predicted octanol–water partition coefficient (Wildman–Crippen LogP) is 2.66. The van der Waals surface area contributed by atoms with Crippen molar-refractivity contribution in [2.24, 2.45) is 11.8 Å². The van der Waals surface area contributed by atoms with Gasteiger partial charge in [0.05, 0.1) is 0 Å². The molecule has 0 radical (unpaired) electrons. The fraction of sp³-hybridized carbons (Fsp3) is 1.00. The molecule has 0 spiro atoms. The quantitative estimate of drug-likeness (QED) is 0.812. The molecule has 0 bridgehead atoms. The van der Waals surface area contributed by atoms with Crippen molar-refractivity contribution in [3.05, 3.63) is 0 Å². The van der Waals surface area contributed by atoms with Crippen molar-refractivity contribution in [2.45, 2.75) is 56.7 Å². The van der Waals surface area contributed by atoms with Crippen molar-refractivity contribution >= 4 is 11.8 Å². The van der Waals surface area contributed by atoms with Crippen LogP contribution in [0.1, 0.15) is 45.4 Å². The van der Waals surface area contributed by atoms with Crippen LogP contribution in [0.5, 0.6) is 0 Å². The number of hydrogen-bond acceptors (Lipinski definition) is 3. The Morgan fingerprint density at radius 1 is 1.12 bits per heavy atom. The van der Waals surface area contributed by atoms with Crippen LogP contribution < -0.4 is 5.32 Å². The zero-order valence-corrected chi connectivity index (χ0v) is 11.8. The summed E-state index contributed by atoms with van der Waals surface area (Å²) < 4.78 is 0. The fourth-order valence-corrected chi connectivity index (χ4v) is 4.46. The Balaban J connectivity index is 1.75. The van der Waals surface area contributed by atoms with E-state index in [0.29, 0.717) is 24.5 Å². The molecule has 1 heterocycles. The number of thioether (sulfide) groups is 1. The van der Waals surface area contributed by atoms with Crippen molar-refractivity contribution in [1.29, 1.82) is 0 Å².